The lowest BCUT2D eigenvalue weighted by Gasteiger charge is -2.23. The summed E-state index contributed by atoms with van der Waals surface area (Å²) in [5, 5.41) is 13.2. The molecule has 0 saturated carbocycles. The highest BCUT2D eigenvalue weighted by Gasteiger charge is 2.23. The summed E-state index contributed by atoms with van der Waals surface area (Å²) in [5.41, 5.74) is 2.70. The van der Waals surface area contributed by atoms with Gasteiger partial charge in [-0.05, 0) is 30.7 Å². The van der Waals surface area contributed by atoms with Gasteiger partial charge in [-0.1, -0.05) is 26.0 Å². The second-order valence-corrected chi connectivity index (χ2v) is 5.39. The lowest BCUT2D eigenvalue weighted by atomic mass is 9.81. The summed E-state index contributed by atoms with van der Waals surface area (Å²) >= 11 is 0. The maximum atomic E-state index is 10.9. The molecule has 0 aliphatic heterocycles. The van der Waals surface area contributed by atoms with Crippen molar-refractivity contribution in [3.63, 3.8) is 0 Å². The van der Waals surface area contributed by atoms with Crippen LogP contribution >= 0.6 is 0 Å². The number of carboxylic acids is 1. The molecule has 0 aliphatic carbocycles. The van der Waals surface area contributed by atoms with E-state index in [4.69, 9.17) is 5.11 Å². The monoisotopic (exact) mass is 258 g/mol. The van der Waals surface area contributed by atoms with E-state index in [0.717, 1.165) is 16.9 Å². The largest absolute Gasteiger partial charge is 0.481 e. The highest BCUT2D eigenvalue weighted by atomic mass is 16.4. The average Bonchev–Trinajstić information content (AvgIpc) is 2.74. The molecule has 0 aliphatic rings. The van der Waals surface area contributed by atoms with Crippen LogP contribution in [-0.4, -0.2) is 20.9 Å². The molecule has 0 unspecified atom stereocenters. The molecule has 1 aromatic carbocycles. The first-order valence-electron chi connectivity index (χ1n) is 6.23. The Labute approximate surface area is 112 Å². The van der Waals surface area contributed by atoms with Crippen LogP contribution in [0.25, 0.3) is 5.69 Å². The molecule has 0 bridgehead atoms. The fraction of sp³-hybridized carbons (Fsp3) is 0.333. The summed E-state index contributed by atoms with van der Waals surface area (Å²) in [4.78, 5) is 10.9. The van der Waals surface area contributed by atoms with E-state index in [2.05, 4.69) is 5.10 Å². The van der Waals surface area contributed by atoms with E-state index in [1.807, 2.05) is 55.8 Å². The van der Waals surface area contributed by atoms with Crippen molar-refractivity contribution in [2.24, 2.45) is 0 Å². The number of aliphatic carboxylic acids is 1. The van der Waals surface area contributed by atoms with Crippen molar-refractivity contribution in [3.05, 3.63) is 47.8 Å². The first-order valence-corrected chi connectivity index (χ1v) is 6.23. The Balaban J connectivity index is 2.28. The number of benzene rings is 1. The number of nitrogens with zero attached hydrogens (tertiary/aromatic N) is 2. The highest BCUT2D eigenvalue weighted by Crippen LogP contribution is 2.27. The van der Waals surface area contributed by atoms with E-state index in [9.17, 15) is 4.79 Å². The molecule has 0 fully saturated rings. The van der Waals surface area contributed by atoms with Crippen LogP contribution in [0.15, 0.2) is 36.5 Å². The number of hydrogen-bond acceptors (Lipinski definition) is 2. The maximum Gasteiger partial charge on any atom is 0.304 e. The predicted molar refractivity (Wildman–Crippen MR) is 73.6 cm³/mol. The summed E-state index contributed by atoms with van der Waals surface area (Å²) in [5.74, 6) is -0.781. The lowest BCUT2D eigenvalue weighted by Crippen LogP contribution is -2.21. The van der Waals surface area contributed by atoms with Gasteiger partial charge in [0.05, 0.1) is 12.1 Å². The van der Waals surface area contributed by atoms with Crippen molar-refractivity contribution in [3.8, 4) is 5.69 Å². The summed E-state index contributed by atoms with van der Waals surface area (Å²) in [7, 11) is 0. The Kier molecular flexibility index (Phi) is 3.42. The topological polar surface area (TPSA) is 55.1 Å². The van der Waals surface area contributed by atoms with E-state index < -0.39 is 5.97 Å². The molecule has 0 amide bonds. The maximum absolute atomic E-state index is 10.9. The standard InChI is InChI=1S/C15H18N2O2/c1-11-8-9-16-17(11)13-6-4-12(5-7-13)15(2,3)10-14(18)19/h4-9H,10H2,1-3H3,(H,18,19). The van der Waals surface area contributed by atoms with Crippen molar-refractivity contribution < 1.29 is 9.90 Å². The Hall–Kier alpha value is -2.10. The lowest BCUT2D eigenvalue weighted by molar-refractivity contribution is -0.138. The van der Waals surface area contributed by atoms with E-state index in [1.54, 1.807) is 6.20 Å². The Morgan fingerprint density at radius 3 is 2.37 bits per heavy atom. The molecule has 100 valence electrons. The minimum Gasteiger partial charge on any atom is -0.481 e. The molecular formula is C15H18N2O2. The molecule has 1 N–H and O–H groups in total. The van der Waals surface area contributed by atoms with Crippen LogP contribution in [0.3, 0.4) is 0 Å². The van der Waals surface area contributed by atoms with Crippen LogP contribution in [0.4, 0.5) is 0 Å². The van der Waals surface area contributed by atoms with Gasteiger partial charge in [-0.2, -0.15) is 5.10 Å². The molecular weight excluding hydrogens is 240 g/mol. The molecule has 1 heterocycles. The van der Waals surface area contributed by atoms with Gasteiger partial charge in [0, 0.05) is 17.3 Å². The minimum absolute atomic E-state index is 0.118. The van der Waals surface area contributed by atoms with Gasteiger partial charge in [0.25, 0.3) is 0 Å². The van der Waals surface area contributed by atoms with Crippen molar-refractivity contribution in [1.82, 2.24) is 9.78 Å². The quantitative estimate of drug-likeness (QED) is 0.917. The fourth-order valence-corrected chi connectivity index (χ4v) is 2.17. The zero-order chi connectivity index (χ0) is 14.0. The van der Waals surface area contributed by atoms with Gasteiger partial charge in [-0.15, -0.1) is 0 Å². The zero-order valence-electron chi connectivity index (χ0n) is 11.4. The van der Waals surface area contributed by atoms with Gasteiger partial charge in [0.2, 0.25) is 0 Å². The van der Waals surface area contributed by atoms with Gasteiger partial charge in [0.15, 0.2) is 0 Å². The molecule has 4 heteroatoms. The van der Waals surface area contributed by atoms with Gasteiger partial charge >= 0.3 is 5.97 Å². The van der Waals surface area contributed by atoms with Crippen molar-refractivity contribution >= 4 is 5.97 Å². The minimum atomic E-state index is -0.781. The molecule has 0 atom stereocenters. The summed E-state index contributed by atoms with van der Waals surface area (Å²) < 4.78 is 1.86. The van der Waals surface area contributed by atoms with Crippen LogP contribution in [0.2, 0.25) is 0 Å². The molecule has 0 spiro atoms. The third-order valence-electron chi connectivity index (χ3n) is 3.32. The molecule has 2 rings (SSSR count). The molecule has 0 radical (unpaired) electrons. The van der Waals surface area contributed by atoms with Gasteiger partial charge in [-0.25, -0.2) is 4.68 Å². The van der Waals surface area contributed by atoms with E-state index >= 15 is 0 Å². The Morgan fingerprint density at radius 2 is 1.89 bits per heavy atom. The number of aromatic nitrogens is 2. The SMILES string of the molecule is Cc1ccnn1-c1ccc(C(C)(C)CC(=O)O)cc1. The average molecular weight is 258 g/mol. The third kappa shape index (κ3) is 2.84. The molecule has 0 saturated heterocycles. The summed E-state index contributed by atoms with van der Waals surface area (Å²) in [6.07, 6.45) is 1.88. The number of carbonyl (C=O) groups is 1. The van der Waals surface area contributed by atoms with Crippen LogP contribution in [0.1, 0.15) is 31.5 Å². The number of rotatable bonds is 4. The Bertz CT molecular complexity index is 582. The smallest absolute Gasteiger partial charge is 0.304 e. The Morgan fingerprint density at radius 1 is 1.26 bits per heavy atom. The van der Waals surface area contributed by atoms with Crippen molar-refractivity contribution in [2.75, 3.05) is 0 Å². The fourth-order valence-electron chi connectivity index (χ4n) is 2.17. The number of aryl methyl sites for hydroxylation is 1. The van der Waals surface area contributed by atoms with Crippen LogP contribution < -0.4 is 0 Å². The van der Waals surface area contributed by atoms with Crippen molar-refractivity contribution in [1.29, 1.82) is 0 Å². The zero-order valence-corrected chi connectivity index (χ0v) is 11.4. The van der Waals surface area contributed by atoms with Gasteiger partial charge in [-0.3, -0.25) is 4.79 Å². The summed E-state index contributed by atoms with van der Waals surface area (Å²) in [6.45, 7) is 5.87. The van der Waals surface area contributed by atoms with Gasteiger partial charge < -0.3 is 5.11 Å². The second kappa shape index (κ2) is 4.88. The third-order valence-corrected chi connectivity index (χ3v) is 3.32. The highest BCUT2D eigenvalue weighted by molar-refractivity contribution is 5.68. The molecule has 4 nitrogen and oxygen atoms in total. The van der Waals surface area contributed by atoms with Gasteiger partial charge in [0.1, 0.15) is 0 Å². The van der Waals surface area contributed by atoms with Crippen LogP contribution in [-0.2, 0) is 10.2 Å². The molecule has 2 aromatic rings. The van der Waals surface area contributed by atoms with Crippen LogP contribution in [0.5, 0.6) is 0 Å². The van der Waals surface area contributed by atoms with Crippen molar-refractivity contribution in [2.45, 2.75) is 32.6 Å². The first kappa shape index (κ1) is 13.3. The summed E-state index contributed by atoms with van der Waals surface area (Å²) in [6, 6.07) is 9.83. The van der Waals surface area contributed by atoms with E-state index in [-0.39, 0.29) is 11.8 Å². The van der Waals surface area contributed by atoms with Crippen LogP contribution in [0, 0.1) is 6.92 Å². The van der Waals surface area contributed by atoms with E-state index in [1.165, 1.54) is 0 Å². The molecule has 1 aromatic heterocycles. The van der Waals surface area contributed by atoms with E-state index in [0.29, 0.717) is 0 Å². The normalized spacial score (nSPS) is 11.5. The predicted octanol–water partition coefficient (Wildman–Crippen LogP) is 2.93. The number of hydrogen-bond donors (Lipinski definition) is 1. The first-order chi connectivity index (χ1) is 8.90. The molecule has 19 heavy (non-hydrogen) atoms. The second-order valence-electron chi connectivity index (χ2n) is 5.39. The number of carboxylic acid groups (broad SMARTS) is 1.